The van der Waals surface area contributed by atoms with Gasteiger partial charge in [0.25, 0.3) is 0 Å². The fourth-order valence-electron chi connectivity index (χ4n) is 1.88. The molecular formula is C16H16BrNO4S. The van der Waals surface area contributed by atoms with Crippen molar-refractivity contribution in [3.8, 4) is 0 Å². The number of carbonyl (C=O) groups is 2. The van der Waals surface area contributed by atoms with Crippen LogP contribution in [0.4, 0.5) is 0 Å². The third kappa shape index (κ3) is 4.87. The summed E-state index contributed by atoms with van der Waals surface area (Å²) in [4.78, 5) is 23.7. The molecule has 0 spiro atoms. The van der Waals surface area contributed by atoms with Gasteiger partial charge in [0.2, 0.25) is 11.7 Å². The van der Waals surface area contributed by atoms with Crippen LogP contribution in [0, 0.1) is 13.8 Å². The highest BCUT2D eigenvalue weighted by molar-refractivity contribution is 9.10. The Morgan fingerprint density at radius 1 is 1.26 bits per heavy atom. The van der Waals surface area contributed by atoms with Crippen LogP contribution in [0.2, 0.25) is 0 Å². The van der Waals surface area contributed by atoms with E-state index < -0.39 is 5.97 Å². The van der Waals surface area contributed by atoms with E-state index >= 15 is 0 Å². The average Bonchev–Trinajstić information content (AvgIpc) is 2.96. The van der Waals surface area contributed by atoms with Gasteiger partial charge in [0.1, 0.15) is 5.76 Å². The van der Waals surface area contributed by atoms with E-state index in [0.29, 0.717) is 5.76 Å². The Bertz CT molecular complexity index is 742. The monoisotopic (exact) mass is 397 g/mol. The second-order valence-corrected chi connectivity index (χ2v) is 6.87. The highest BCUT2D eigenvalue weighted by atomic mass is 79.9. The van der Waals surface area contributed by atoms with Crippen molar-refractivity contribution in [2.45, 2.75) is 25.3 Å². The molecule has 0 saturated carbocycles. The number of aromatic carboxylic acids is 1. The molecular weight excluding hydrogens is 382 g/mol. The fraction of sp³-hybridized carbons (Fsp3) is 0.250. The van der Waals surface area contributed by atoms with Crippen molar-refractivity contribution in [1.29, 1.82) is 0 Å². The van der Waals surface area contributed by atoms with Crippen LogP contribution >= 0.6 is 27.7 Å². The molecule has 0 aliphatic carbocycles. The summed E-state index contributed by atoms with van der Waals surface area (Å²) in [5.74, 6) is -0.697. The number of rotatable bonds is 6. The third-order valence-electron chi connectivity index (χ3n) is 3.15. The van der Waals surface area contributed by atoms with Crippen LogP contribution in [0.15, 0.2) is 38.1 Å². The molecule has 2 rings (SSSR count). The second-order valence-electron chi connectivity index (χ2n) is 5.00. The van der Waals surface area contributed by atoms with E-state index in [2.05, 4.69) is 21.2 Å². The Kier molecular flexibility index (Phi) is 5.90. The second kappa shape index (κ2) is 7.70. The quantitative estimate of drug-likeness (QED) is 0.725. The molecule has 0 atom stereocenters. The number of furan rings is 1. The Hall–Kier alpha value is -1.73. The molecule has 0 bridgehead atoms. The van der Waals surface area contributed by atoms with Gasteiger partial charge in [-0.1, -0.05) is 15.9 Å². The van der Waals surface area contributed by atoms with Crippen molar-refractivity contribution >= 4 is 39.6 Å². The number of aryl methyl sites for hydroxylation is 2. The fourth-order valence-corrected chi connectivity index (χ4v) is 3.27. The zero-order valence-corrected chi connectivity index (χ0v) is 15.1. The number of hydrogen-bond acceptors (Lipinski definition) is 4. The Labute approximate surface area is 146 Å². The van der Waals surface area contributed by atoms with E-state index in [1.165, 1.54) is 17.8 Å². The molecule has 5 nitrogen and oxygen atoms in total. The Balaban J connectivity index is 1.85. The van der Waals surface area contributed by atoms with Crippen molar-refractivity contribution in [3.05, 3.63) is 51.4 Å². The van der Waals surface area contributed by atoms with E-state index in [4.69, 9.17) is 9.52 Å². The largest absolute Gasteiger partial charge is 0.475 e. The van der Waals surface area contributed by atoms with Gasteiger partial charge in [0, 0.05) is 9.37 Å². The smallest absolute Gasteiger partial charge is 0.371 e. The molecule has 0 aliphatic heterocycles. The number of hydrogen-bond donors (Lipinski definition) is 2. The summed E-state index contributed by atoms with van der Waals surface area (Å²) >= 11 is 4.95. The Morgan fingerprint density at radius 3 is 2.65 bits per heavy atom. The topological polar surface area (TPSA) is 79.5 Å². The van der Waals surface area contributed by atoms with E-state index in [0.717, 1.165) is 20.5 Å². The molecule has 1 aromatic heterocycles. The molecule has 1 heterocycles. The first-order chi connectivity index (χ1) is 10.9. The van der Waals surface area contributed by atoms with Crippen LogP contribution in [0.5, 0.6) is 0 Å². The number of carboxylic acids is 1. The van der Waals surface area contributed by atoms with Crippen molar-refractivity contribution in [2.75, 3.05) is 5.75 Å². The van der Waals surface area contributed by atoms with E-state index in [1.807, 2.05) is 26.0 Å². The van der Waals surface area contributed by atoms with Gasteiger partial charge >= 0.3 is 5.97 Å². The molecule has 1 aromatic carbocycles. The predicted molar refractivity (Wildman–Crippen MR) is 91.9 cm³/mol. The van der Waals surface area contributed by atoms with Crippen LogP contribution in [-0.4, -0.2) is 22.7 Å². The molecule has 0 unspecified atom stereocenters. The zero-order chi connectivity index (χ0) is 17.0. The molecule has 0 saturated heterocycles. The zero-order valence-electron chi connectivity index (χ0n) is 12.7. The van der Waals surface area contributed by atoms with Gasteiger partial charge in [-0.3, -0.25) is 4.79 Å². The lowest BCUT2D eigenvalue weighted by Crippen LogP contribution is -2.24. The lowest BCUT2D eigenvalue weighted by Gasteiger charge is -2.08. The van der Waals surface area contributed by atoms with E-state index in [1.54, 1.807) is 6.07 Å². The van der Waals surface area contributed by atoms with Gasteiger partial charge in [-0.25, -0.2) is 4.79 Å². The van der Waals surface area contributed by atoms with Gasteiger partial charge in [-0.05, 0) is 49.2 Å². The number of nitrogens with one attached hydrogen (secondary N) is 1. The Morgan fingerprint density at radius 2 is 2.00 bits per heavy atom. The molecule has 23 heavy (non-hydrogen) atoms. The van der Waals surface area contributed by atoms with Gasteiger partial charge in [-0.15, -0.1) is 11.8 Å². The maximum Gasteiger partial charge on any atom is 0.371 e. The highest BCUT2D eigenvalue weighted by Crippen LogP contribution is 2.28. The summed E-state index contributed by atoms with van der Waals surface area (Å²) in [6.07, 6.45) is 0. The molecule has 2 N–H and O–H groups in total. The summed E-state index contributed by atoms with van der Waals surface area (Å²) in [6, 6.07) is 6.99. The first kappa shape index (κ1) is 17.6. The summed E-state index contributed by atoms with van der Waals surface area (Å²) in [7, 11) is 0. The highest BCUT2D eigenvalue weighted by Gasteiger charge is 2.11. The van der Waals surface area contributed by atoms with E-state index in [9.17, 15) is 9.59 Å². The predicted octanol–water partition coefficient (Wildman–Crippen LogP) is 3.77. The van der Waals surface area contributed by atoms with Crippen LogP contribution in [0.3, 0.4) is 0 Å². The molecule has 122 valence electrons. The molecule has 2 aromatic rings. The van der Waals surface area contributed by atoms with E-state index in [-0.39, 0.29) is 24.0 Å². The summed E-state index contributed by atoms with van der Waals surface area (Å²) < 4.78 is 6.13. The number of thioether (sulfide) groups is 1. The van der Waals surface area contributed by atoms with Gasteiger partial charge in [0.15, 0.2) is 0 Å². The molecule has 1 amide bonds. The average molecular weight is 398 g/mol. The van der Waals surface area contributed by atoms with Gasteiger partial charge in [0.05, 0.1) is 12.3 Å². The van der Waals surface area contributed by atoms with Gasteiger partial charge in [-0.2, -0.15) is 0 Å². The first-order valence-electron chi connectivity index (χ1n) is 6.85. The third-order valence-corrected chi connectivity index (χ3v) is 5.16. The minimum absolute atomic E-state index is 0.135. The standard InChI is InChI=1S/C16H16BrNO4S/c1-9-6-14(10(2)5-12(9)17)23-8-15(19)18-7-11-3-4-13(22-11)16(20)21/h3-6H,7-8H2,1-2H3,(H,18,19)(H,20,21). The minimum Gasteiger partial charge on any atom is -0.475 e. The number of halogens is 1. The van der Waals surface area contributed by atoms with Crippen molar-refractivity contribution < 1.29 is 19.1 Å². The van der Waals surface area contributed by atoms with Crippen molar-refractivity contribution in [2.24, 2.45) is 0 Å². The maximum absolute atomic E-state index is 11.9. The van der Waals surface area contributed by atoms with Crippen LogP contribution < -0.4 is 5.32 Å². The summed E-state index contributed by atoms with van der Waals surface area (Å²) in [5.41, 5.74) is 2.23. The molecule has 0 radical (unpaired) electrons. The van der Waals surface area contributed by atoms with Gasteiger partial charge < -0.3 is 14.8 Å². The molecule has 7 heteroatoms. The molecule has 0 fully saturated rings. The maximum atomic E-state index is 11.9. The number of carbonyl (C=O) groups excluding carboxylic acids is 1. The minimum atomic E-state index is -1.13. The number of amides is 1. The lowest BCUT2D eigenvalue weighted by molar-refractivity contribution is -0.118. The number of carboxylic acid groups (broad SMARTS) is 1. The normalized spacial score (nSPS) is 10.6. The van der Waals surface area contributed by atoms with Crippen molar-refractivity contribution in [3.63, 3.8) is 0 Å². The molecule has 0 aliphatic rings. The van der Waals surface area contributed by atoms with Crippen LogP contribution in [0.1, 0.15) is 27.4 Å². The van der Waals surface area contributed by atoms with Crippen LogP contribution in [0.25, 0.3) is 0 Å². The lowest BCUT2D eigenvalue weighted by atomic mass is 10.2. The van der Waals surface area contributed by atoms with Crippen molar-refractivity contribution in [1.82, 2.24) is 5.32 Å². The first-order valence-corrected chi connectivity index (χ1v) is 8.63. The summed E-state index contributed by atoms with van der Waals surface area (Å²) in [5, 5.41) is 11.5. The SMILES string of the molecule is Cc1cc(SCC(=O)NCc2ccc(C(=O)O)o2)c(C)cc1Br. The summed E-state index contributed by atoms with van der Waals surface area (Å²) in [6.45, 7) is 4.18. The number of benzene rings is 1. The van der Waals surface area contributed by atoms with Crippen LogP contribution in [-0.2, 0) is 11.3 Å².